The van der Waals surface area contributed by atoms with Gasteiger partial charge in [0, 0.05) is 25.0 Å². The Morgan fingerprint density at radius 3 is 2.84 bits per heavy atom. The predicted octanol–water partition coefficient (Wildman–Crippen LogP) is 2.08. The first kappa shape index (κ1) is 14.4. The summed E-state index contributed by atoms with van der Waals surface area (Å²) in [6.07, 6.45) is 7.60. The van der Waals surface area contributed by atoms with Crippen LogP contribution in [0.2, 0.25) is 0 Å². The van der Waals surface area contributed by atoms with Crippen molar-refractivity contribution in [2.24, 2.45) is 5.92 Å². The van der Waals surface area contributed by atoms with E-state index in [2.05, 4.69) is 34.0 Å². The van der Waals surface area contributed by atoms with Crippen molar-refractivity contribution < 1.29 is 0 Å². The van der Waals surface area contributed by atoms with Crippen LogP contribution in [-0.2, 0) is 6.54 Å². The second kappa shape index (κ2) is 7.56. The smallest absolute Gasteiger partial charge is 0.142 e. The van der Waals surface area contributed by atoms with Crippen molar-refractivity contribution in [3.8, 4) is 0 Å². The van der Waals surface area contributed by atoms with Crippen molar-refractivity contribution in [3.05, 3.63) is 24.3 Å². The predicted molar refractivity (Wildman–Crippen MR) is 77.8 cm³/mol. The molecule has 1 aromatic rings. The summed E-state index contributed by atoms with van der Waals surface area (Å²) >= 11 is 0. The Morgan fingerprint density at radius 2 is 2.11 bits per heavy atom. The van der Waals surface area contributed by atoms with Crippen LogP contribution < -0.4 is 5.32 Å². The Labute approximate surface area is 116 Å². The minimum Gasteiger partial charge on any atom is -0.315 e. The van der Waals surface area contributed by atoms with Crippen LogP contribution in [0.5, 0.6) is 0 Å². The Balaban J connectivity index is 1.85. The van der Waals surface area contributed by atoms with Crippen molar-refractivity contribution in [1.82, 2.24) is 20.2 Å². The zero-order valence-electron chi connectivity index (χ0n) is 12.2. The highest BCUT2D eigenvalue weighted by Gasteiger charge is 2.22. The third kappa shape index (κ3) is 4.88. The van der Waals surface area contributed by atoms with Crippen LogP contribution in [0.15, 0.2) is 18.5 Å². The molecule has 0 aromatic carbocycles. The molecule has 0 radical (unpaired) electrons. The maximum Gasteiger partial charge on any atom is 0.142 e. The maximum absolute atomic E-state index is 4.34. The molecule has 0 bridgehead atoms. The van der Waals surface area contributed by atoms with Gasteiger partial charge in [0.2, 0.25) is 0 Å². The van der Waals surface area contributed by atoms with Crippen LogP contribution in [0.1, 0.15) is 38.9 Å². The maximum atomic E-state index is 4.34. The summed E-state index contributed by atoms with van der Waals surface area (Å²) in [5.41, 5.74) is 0. The van der Waals surface area contributed by atoms with Crippen LogP contribution in [-0.4, -0.2) is 40.5 Å². The highest BCUT2D eigenvalue weighted by atomic mass is 15.2. The van der Waals surface area contributed by atoms with E-state index in [1.807, 2.05) is 18.5 Å². The molecule has 0 aliphatic carbocycles. The minimum absolute atomic E-state index is 0.635. The monoisotopic (exact) mass is 262 g/mol. The molecule has 1 saturated heterocycles. The molecule has 2 rings (SSSR count). The number of aromatic nitrogens is 2. The lowest BCUT2D eigenvalue weighted by atomic mass is 10.0. The van der Waals surface area contributed by atoms with Crippen molar-refractivity contribution in [3.63, 3.8) is 0 Å². The first-order chi connectivity index (χ1) is 9.25. The fourth-order valence-electron chi connectivity index (χ4n) is 2.63. The summed E-state index contributed by atoms with van der Waals surface area (Å²) in [4.78, 5) is 11.2. The standard InChI is InChI=1S/C15H26N4/c1-13(2)10-16-11-14-6-3-4-9-19(14)12-15-17-7-5-8-18-15/h5,7-8,13-14,16H,3-4,6,9-12H2,1-2H3. The first-order valence-corrected chi connectivity index (χ1v) is 7.46. The van der Waals surface area contributed by atoms with Gasteiger partial charge in [0.15, 0.2) is 0 Å². The highest BCUT2D eigenvalue weighted by Crippen LogP contribution is 2.18. The first-order valence-electron chi connectivity index (χ1n) is 7.46. The van der Waals surface area contributed by atoms with Gasteiger partial charge in [-0.3, -0.25) is 4.90 Å². The number of rotatable bonds is 6. The molecule has 0 saturated carbocycles. The van der Waals surface area contributed by atoms with E-state index in [9.17, 15) is 0 Å². The number of likely N-dealkylation sites (tertiary alicyclic amines) is 1. The number of piperidine rings is 1. The second-order valence-electron chi connectivity index (χ2n) is 5.84. The Morgan fingerprint density at radius 1 is 1.32 bits per heavy atom. The summed E-state index contributed by atoms with van der Waals surface area (Å²) in [5.74, 6) is 1.66. The number of nitrogens with one attached hydrogen (secondary N) is 1. The molecule has 1 fully saturated rings. The molecule has 1 N–H and O–H groups in total. The van der Waals surface area contributed by atoms with Gasteiger partial charge >= 0.3 is 0 Å². The summed E-state index contributed by atoms with van der Waals surface area (Å²) in [6, 6.07) is 2.51. The zero-order valence-corrected chi connectivity index (χ0v) is 12.2. The van der Waals surface area contributed by atoms with Gasteiger partial charge in [0.1, 0.15) is 5.82 Å². The molecule has 106 valence electrons. The van der Waals surface area contributed by atoms with Crippen molar-refractivity contribution >= 4 is 0 Å². The van der Waals surface area contributed by atoms with Crippen molar-refractivity contribution in [1.29, 1.82) is 0 Å². The van der Waals surface area contributed by atoms with E-state index in [1.54, 1.807) is 0 Å². The van der Waals surface area contributed by atoms with E-state index in [0.29, 0.717) is 6.04 Å². The van der Waals surface area contributed by atoms with Gasteiger partial charge < -0.3 is 5.32 Å². The summed E-state index contributed by atoms with van der Waals surface area (Å²) < 4.78 is 0. The average Bonchev–Trinajstić information content (AvgIpc) is 2.41. The van der Waals surface area contributed by atoms with Crippen LogP contribution in [0.25, 0.3) is 0 Å². The van der Waals surface area contributed by atoms with Gasteiger partial charge in [0.05, 0.1) is 6.54 Å². The fraction of sp³-hybridized carbons (Fsp3) is 0.733. The molecule has 4 nitrogen and oxygen atoms in total. The third-order valence-corrected chi connectivity index (χ3v) is 3.65. The molecule has 1 aliphatic heterocycles. The Hall–Kier alpha value is -1.00. The molecule has 19 heavy (non-hydrogen) atoms. The molecule has 0 amide bonds. The summed E-state index contributed by atoms with van der Waals surface area (Å²) in [6.45, 7) is 8.76. The molecule has 2 heterocycles. The van der Waals surface area contributed by atoms with E-state index in [-0.39, 0.29) is 0 Å². The molecular weight excluding hydrogens is 236 g/mol. The third-order valence-electron chi connectivity index (χ3n) is 3.65. The minimum atomic E-state index is 0.635. The van der Waals surface area contributed by atoms with Gasteiger partial charge in [-0.05, 0) is 37.9 Å². The van der Waals surface area contributed by atoms with Gasteiger partial charge in [0.25, 0.3) is 0 Å². The Bertz CT molecular complexity index is 352. The quantitative estimate of drug-likeness (QED) is 0.852. The summed E-state index contributed by atoms with van der Waals surface area (Å²) in [5, 5.41) is 3.59. The molecule has 1 unspecified atom stereocenters. The van der Waals surface area contributed by atoms with E-state index in [0.717, 1.165) is 31.4 Å². The van der Waals surface area contributed by atoms with E-state index < -0.39 is 0 Å². The van der Waals surface area contributed by atoms with Crippen LogP contribution in [0.4, 0.5) is 0 Å². The molecule has 1 atom stereocenters. The lowest BCUT2D eigenvalue weighted by Gasteiger charge is -2.35. The van der Waals surface area contributed by atoms with Crippen LogP contribution in [0, 0.1) is 5.92 Å². The number of hydrogen-bond acceptors (Lipinski definition) is 4. The van der Waals surface area contributed by atoms with Gasteiger partial charge in [-0.1, -0.05) is 20.3 Å². The van der Waals surface area contributed by atoms with Crippen molar-refractivity contribution in [2.75, 3.05) is 19.6 Å². The largest absolute Gasteiger partial charge is 0.315 e. The van der Waals surface area contributed by atoms with E-state index >= 15 is 0 Å². The number of nitrogens with zero attached hydrogens (tertiary/aromatic N) is 3. The zero-order chi connectivity index (χ0) is 13.5. The van der Waals surface area contributed by atoms with Crippen LogP contribution >= 0.6 is 0 Å². The lowest BCUT2D eigenvalue weighted by Crippen LogP contribution is -2.45. The van der Waals surface area contributed by atoms with Crippen molar-refractivity contribution in [2.45, 2.75) is 45.7 Å². The Kier molecular flexibility index (Phi) is 5.73. The fourth-order valence-corrected chi connectivity index (χ4v) is 2.63. The molecule has 1 aromatic heterocycles. The highest BCUT2D eigenvalue weighted by molar-refractivity contribution is 4.90. The molecule has 0 spiro atoms. The topological polar surface area (TPSA) is 41.0 Å². The average molecular weight is 262 g/mol. The lowest BCUT2D eigenvalue weighted by molar-refractivity contribution is 0.133. The van der Waals surface area contributed by atoms with E-state index in [4.69, 9.17) is 0 Å². The second-order valence-corrected chi connectivity index (χ2v) is 5.84. The molecule has 1 aliphatic rings. The van der Waals surface area contributed by atoms with Gasteiger partial charge in [-0.25, -0.2) is 9.97 Å². The van der Waals surface area contributed by atoms with Gasteiger partial charge in [-0.15, -0.1) is 0 Å². The molecule has 4 heteroatoms. The summed E-state index contributed by atoms with van der Waals surface area (Å²) in [7, 11) is 0. The van der Waals surface area contributed by atoms with E-state index in [1.165, 1.54) is 25.8 Å². The SMILES string of the molecule is CC(C)CNCC1CCCCN1Cc1ncccn1. The normalized spacial score (nSPS) is 20.9. The molecular formula is C15H26N4. The number of hydrogen-bond donors (Lipinski definition) is 1. The van der Waals surface area contributed by atoms with Gasteiger partial charge in [-0.2, -0.15) is 0 Å². The van der Waals surface area contributed by atoms with Crippen LogP contribution in [0.3, 0.4) is 0 Å².